The van der Waals surface area contributed by atoms with Gasteiger partial charge in [0.05, 0.1) is 0 Å². The van der Waals surface area contributed by atoms with E-state index in [2.05, 4.69) is 64.1 Å². The molecule has 3 aliphatic rings. The fraction of sp³-hybridized carbons (Fsp3) is 0.657. The first kappa shape index (κ1) is 30.9. The summed E-state index contributed by atoms with van der Waals surface area (Å²) < 4.78 is 24.5. The number of rotatable bonds is 14. The van der Waals surface area contributed by atoms with Gasteiger partial charge in [0.1, 0.15) is 0 Å². The standard InChI is InChI=1S/C35H52B2O4/c1-5-9-13-27(7-3)25-35(26-28(8-4)14-10-6-2)33-23-29(36-38-19-11-20-39-36)15-17-31(33)32-18-16-30(24-34(32)35)37-40-21-12-22-41-37/h15-18,23-24,27-28H,5-14,19-22,25-26H2,1-4H3/t27-,28-/m0/s1. The molecule has 2 fully saturated rings. The van der Waals surface area contributed by atoms with Crippen molar-refractivity contribution < 1.29 is 18.6 Å². The fourth-order valence-corrected chi connectivity index (χ4v) is 7.58. The van der Waals surface area contributed by atoms with E-state index in [1.807, 2.05) is 0 Å². The lowest BCUT2D eigenvalue weighted by Crippen LogP contribution is -2.42. The summed E-state index contributed by atoms with van der Waals surface area (Å²) >= 11 is 0. The summed E-state index contributed by atoms with van der Waals surface area (Å²) in [7, 11) is -0.529. The lowest BCUT2D eigenvalue weighted by Gasteiger charge is -2.39. The molecular weight excluding hydrogens is 506 g/mol. The van der Waals surface area contributed by atoms with Crippen LogP contribution in [-0.4, -0.2) is 40.7 Å². The Morgan fingerprint density at radius 3 is 1.41 bits per heavy atom. The predicted molar refractivity (Wildman–Crippen MR) is 172 cm³/mol. The van der Waals surface area contributed by atoms with E-state index in [0.29, 0.717) is 11.8 Å². The minimum Gasteiger partial charge on any atom is -0.407 e. The van der Waals surface area contributed by atoms with Gasteiger partial charge in [-0.2, -0.15) is 0 Å². The normalized spacial score (nSPS) is 19.6. The highest BCUT2D eigenvalue weighted by Gasteiger charge is 2.46. The molecule has 2 aromatic carbocycles. The third-order valence-corrected chi connectivity index (χ3v) is 9.97. The van der Waals surface area contributed by atoms with Gasteiger partial charge in [0.15, 0.2) is 0 Å². The van der Waals surface area contributed by atoms with Crippen molar-refractivity contribution in [2.75, 3.05) is 26.4 Å². The molecule has 0 radical (unpaired) electrons. The van der Waals surface area contributed by atoms with Crippen molar-refractivity contribution in [2.45, 2.75) is 110 Å². The smallest absolute Gasteiger partial charge is 0.407 e. The van der Waals surface area contributed by atoms with Crippen molar-refractivity contribution in [3.05, 3.63) is 47.5 Å². The summed E-state index contributed by atoms with van der Waals surface area (Å²) in [6.45, 7) is 12.5. The minimum atomic E-state index is -0.265. The average Bonchev–Trinajstić information content (AvgIpc) is 3.30. The highest BCUT2D eigenvalue weighted by atomic mass is 16.6. The molecule has 1 aliphatic carbocycles. The van der Waals surface area contributed by atoms with Crippen molar-refractivity contribution in [3.8, 4) is 11.1 Å². The first-order valence-electron chi connectivity index (χ1n) is 16.9. The Morgan fingerprint density at radius 1 is 0.634 bits per heavy atom. The largest absolute Gasteiger partial charge is 0.493 e. The van der Waals surface area contributed by atoms with Crippen LogP contribution in [-0.2, 0) is 24.0 Å². The van der Waals surface area contributed by atoms with Gasteiger partial charge in [0.2, 0.25) is 0 Å². The number of hydrogen-bond acceptors (Lipinski definition) is 4. The monoisotopic (exact) mass is 558 g/mol. The summed E-state index contributed by atoms with van der Waals surface area (Å²) in [4.78, 5) is 0. The molecule has 2 aromatic rings. The van der Waals surface area contributed by atoms with Gasteiger partial charge in [-0.1, -0.05) is 115 Å². The maximum Gasteiger partial charge on any atom is 0.493 e. The van der Waals surface area contributed by atoms with Crippen LogP contribution >= 0.6 is 0 Å². The summed E-state index contributed by atoms with van der Waals surface area (Å²) in [6, 6.07) is 14.2. The number of unbranched alkanes of at least 4 members (excludes halogenated alkanes) is 2. The molecule has 0 saturated carbocycles. The van der Waals surface area contributed by atoms with Crippen LogP contribution in [0.3, 0.4) is 0 Å². The molecular formula is C35H52B2O4. The van der Waals surface area contributed by atoms with E-state index in [4.69, 9.17) is 18.6 Å². The van der Waals surface area contributed by atoms with Crippen LogP contribution in [0.4, 0.5) is 0 Å². The second-order valence-corrected chi connectivity index (χ2v) is 12.8. The number of benzene rings is 2. The molecule has 0 amide bonds. The Morgan fingerprint density at radius 2 is 1.05 bits per heavy atom. The second kappa shape index (κ2) is 14.7. The Labute approximate surface area is 250 Å². The molecule has 0 unspecified atom stereocenters. The molecule has 41 heavy (non-hydrogen) atoms. The van der Waals surface area contributed by atoms with E-state index in [-0.39, 0.29) is 19.7 Å². The van der Waals surface area contributed by atoms with Gasteiger partial charge in [-0.05, 0) is 70.7 Å². The van der Waals surface area contributed by atoms with Gasteiger partial charge in [0.25, 0.3) is 0 Å². The first-order chi connectivity index (χ1) is 20.1. The number of hydrogen-bond donors (Lipinski definition) is 0. The maximum absolute atomic E-state index is 6.12. The van der Waals surface area contributed by atoms with E-state index >= 15 is 0 Å². The van der Waals surface area contributed by atoms with E-state index in [9.17, 15) is 0 Å². The zero-order valence-electron chi connectivity index (χ0n) is 26.2. The lowest BCUT2D eigenvalue weighted by atomic mass is 9.63. The summed E-state index contributed by atoms with van der Waals surface area (Å²) in [6.07, 6.45) is 14.5. The van der Waals surface area contributed by atoms with Gasteiger partial charge in [-0.25, -0.2) is 0 Å². The van der Waals surface area contributed by atoms with Gasteiger partial charge >= 0.3 is 14.2 Å². The van der Waals surface area contributed by atoms with E-state index < -0.39 is 0 Å². The molecule has 5 rings (SSSR count). The zero-order chi connectivity index (χ0) is 28.7. The lowest BCUT2D eigenvalue weighted by molar-refractivity contribution is 0.143. The van der Waals surface area contributed by atoms with Gasteiger partial charge in [0, 0.05) is 31.8 Å². The molecule has 0 aromatic heterocycles. The maximum atomic E-state index is 6.12. The van der Waals surface area contributed by atoms with Crippen molar-refractivity contribution in [1.29, 1.82) is 0 Å². The Balaban J connectivity index is 1.65. The molecule has 6 heteroatoms. The van der Waals surface area contributed by atoms with E-state index in [1.54, 1.807) is 0 Å². The van der Waals surface area contributed by atoms with Crippen molar-refractivity contribution in [3.63, 3.8) is 0 Å². The molecule has 0 bridgehead atoms. The van der Waals surface area contributed by atoms with Crippen LogP contribution in [0.5, 0.6) is 0 Å². The Hall–Kier alpha value is -1.59. The van der Waals surface area contributed by atoms with Crippen molar-refractivity contribution in [2.24, 2.45) is 11.8 Å². The molecule has 4 nitrogen and oxygen atoms in total. The average molecular weight is 558 g/mol. The molecule has 2 saturated heterocycles. The van der Waals surface area contributed by atoms with Crippen molar-refractivity contribution >= 4 is 25.2 Å². The molecule has 0 N–H and O–H groups in total. The summed E-state index contributed by atoms with van der Waals surface area (Å²) in [5.41, 5.74) is 8.08. The van der Waals surface area contributed by atoms with Crippen LogP contribution in [0.1, 0.15) is 116 Å². The highest BCUT2D eigenvalue weighted by Crippen LogP contribution is 2.56. The van der Waals surface area contributed by atoms with Crippen LogP contribution < -0.4 is 10.9 Å². The van der Waals surface area contributed by atoms with Crippen LogP contribution in [0.2, 0.25) is 0 Å². The topological polar surface area (TPSA) is 36.9 Å². The number of fused-ring (bicyclic) bond motifs is 3. The van der Waals surface area contributed by atoms with Crippen molar-refractivity contribution in [1.82, 2.24) is 0 Å². The molecule has 2 heterocycles. The second-order valence-electron chi connectivity index (χ2n) is 12.8. The van der Waals surface area contributed by atoms with Crippen LogP contribution in [0.25, 0.3) is 11.1 Å². The summed E-state index contributed by atoms with van der Waals surface area (Å²) in [5.74, 6) is 1.38. The van der Waals surface area contributed by atoms with E-state index in [0.717, 1.165) is 39.3 Å². The van der Waals surface area contributed by atoms with Crippen LogP contribution in [0.15, 0.2) is 36.4 Å². The Bertz CT molecular complexity index is 1020. The third-order valence-electron chi connectivity index (χ3n) is 9.97. The first-order valence-corrected chi connectivity index (χ1v) is 16.9. The Kier molecular flexibility index (Phi) is 11.1. The minimum absolute atomic E-state index is 0.0388. The summed E-state index contributed by atoms with van der Waals surface area (Å²) in [5, 5.41) is 0. The third kappa shape index (κ3) is 6.82. The SMILES string of the molecule is CCCC[C@H](CC)CC1(C[C@@H](CC)CCCC)c2cc(B3OCCCO3)ccc2-c2ccc(B3OCCCO3)cc21. The molecule has 2 atom stereocenters. The van der Waals surface area contributed by atoms with Gasteiger partial charge in [-0.3, -0.25) is 0 Å². The highest BCUT2D eigenvalue weighted by molar-refractivity contribution is 6.62. The predicted octanol–water partition coefficient (Wildman–Crippen LogP) is 7.43. The fourth-order valence-electron chi connectivity index (χ4n) is 7.58. The zero-order valence-corrected chi connectivity index (χ0v) is 26.2. The van der Waals surface area contributed by atoms with E-state index in [1.165, 1.54) is 97.4 Å². The van der Waals surface area contributed by atoms with Gasteiger partial charge < -0.3 is 18.6 Å². The quantitative estimate of drug-likeness (QED) is 0.226. The van der Waals surface area contributed by atoms with Crippen LogP contribution in [0, 0.1) is 11.8 Å². The molecule has 222 valence electrons. The molecule has 0 spiro atoms. The molecule has 2 aliphatic heterocycles. The van der Waals surface area contributed by atoms with Gasteiger partial charge in [-0.15, -0.1) is 0 Å².